The normalized spacial score (nSPS) is 26.5. The van der Waals surface area contributed by atoms with Crippen LogP contribution in [0.5, 0.6) is 0 Å². The molecule has 0 fully saturated rings. The minimum absolute atomic E-state index is 0.0379. The highest BCUT2D eigenvalue weighted by Gasteiger charge is 2.47. The Morgan fingerprint density at radius 3 is 2.84 bits per heavy atom. The van der Waals surface area contributed by atoms with Gasteiger partial charge in [0.15, 0.2) is 5.78 Å². The Balaban J connectivity index is 1.98. The van der Waals surface area contributed by atoms with Gasteiger partial charge in [-0.2, -0.15) is 5.26 Å². The fraction of sp³-hybridized carbons (Fsp3) is 0.391. The van der Waals surface area contributed by atoms with Crippen LogP contribution < -0.4 is 5.32 Å². The molecule has 2 aliphatic heterocycles. The van der Waals surface area contributed by atoms with Gasteiger partial charge in [-0.25, -0.2) is 0 Å². The van der Waals surface area contributed by atoms with Gasteiger partial charge in [-0.15, -0.1) is 0 Å². The number of nitrogens with one attached hydrogen (secondary N) is 1. The summed E-state index contributed by atoms with van der Waals surface area (Å²) in [6.45, 7) is 4.10. The fourth-order valence-electron chi connectivity index (χ4n) is 4.67. The molecule has 160 valence electrons. The van der Waals surface area contributed by atoms with Gasteiger partial charge < -0.3 is 10.2 Å². The Bertz CT molecular complexity index is 1080. The summed E-state index contributed by atoms with van der Waals surface area (Å²) in [6, 6.07) is 5.51. The fourth-order valence-corrected chi connectivity index (χ4v) is 5.18. The van der Waals surface area contributed by atoms with Gasteiger partial charge in [-0.05, 0) is 35.6 Å². The molecule has 1 aliphatic carbocycles. The molecule has 4 rings (SSSR count). The van der Waals surface area contributed by atoms with E-state index in [1.807, 2.05) is 12.1 Å². The van der Waals surface area contributed by atoms with E-state index in [-0.39, 0.29) is 29.6 Å². The van der Waals surface area contributed by atoms with Crippen LogP contribution in [-0.2, 0) is 9.59 Å². The van der Waals surface area contributed by atoms with E-state index in [1.165, 1.54) is 0 Å². The van der Waals surface area contributed by atoms with Gasteiger partial charge in [0, 0.05) is 40.2 Å². The molecule has 3 unspecified atom stereocenters. The molecular weight excluding hydrogens is 435 g/mol. The Kier molecular flexibility index (Phi) is 5.67. The zero-order valence-electron chi connectivity index (χ0n) is 17.2. The molecule has 6 nitrogen and oxygen atoms in total. The van der Waals surface area contributed by atoms with Crippen molar-refractivity contribution in [1.29, 1.82) is 5.26 Å². The second kappa shape index (κ2) is 8.14. The van der Waals surface area contributed by atoms with Crippen LogP contribution in [0, 0.1) is 16.7 Å². The number of aliphatic imine (C=N–C) groups is 1. The molecule has 0 spiro atoms. The Hall–Kier alpha value is -2.62. The van der Waals surface area contributed by atoms with Crippen molar-refractivity contribution < 1.29 is 9.59 Å². The third kappa shape index (κ3) is 4.00. The van der Waals surface area contributed by atoms with Crippen LogP contribution in [0.15, 0.2) is 46.7 Å². The smallest absolute Gasteiger partial charge is 0.238 e. The van der Waals surface area contributed by atoms with E-state index in [2.05, 4.69) is 24.2 Å². The number of hydrogen-bond donors (Lipinski definition) is 1. The Morgan fingerprint density at radius 1 is 1.35 bits per heavy atom. The topological polar surface area (TPSA) is 85.6 Å². The summed E-state index contributed by atoms with van der Waals surface area (Å²) in [5, 5.41) is 13.6. The van der Waals surface area contributed by atoms with E-state index in [4.69, 9.17) is 23.2 Å². The zero-order valence-corrected chi connectivity index (χ0v) is 18.7. The number of benzene rings is 1. The molecule has 1 aromatic carbocycles. The first-order valence-corrected chi connectivity index (χ1v) is 10.8. The van der Waals surface area contributed by atoms with E-state index >= 15 is 0 Å². The van der Waals surface area contributed by atoms with Crippen LogP contribution in [-0.4, -0.2) is 34.9 Å². The summed E-state index contributed by atoms with van der Waals surface area (Å²) in [6.07, 6.45) is 5.88. The lowest BCUT2D eigenvalue weighted by Gasteiger charge is -2.39. The molecule has 31 heavy (non-hydrogen) atoms. The lowest BCUT2D eigenvalue weighted by atomic mass is 9.73. The highest BCUT2D eigenvalue weighted by atomic mass is 35.5. The second-order valence-corrected chi connectivity index (χ2v) is 9.68. The first-order valence-electron chi connectivity index (χ1n) is 10.1. The second-order valence-electron chi connectivity index (χ2n) is 8.84. The van der Waals surface area contributed by atoms with Gasteiger partial charge in [0.05, 0.1) is 24.2 Å². The molecular formula is C23H22Cl2N4O2. The van der Waals surface area contributed by atoms with Crippen molar-refractivity contribution in [3.8, 4) is 6.07 Å². The molecule has 1 aromatic rings. The molecule has 1 N–H and O–H groups in total. The van der Waals surface area contributed by atoms with Gasteiger partial charge in [0.25, 0.3) is 0 Å². The van der Waals surface area contributed by atoms with Crippen LogP contribution in [0.1, 0.15) is 44.7 Å². The predicted molar refractivity (Wildman–Crippen MR) is 120 cm³/mol. The van der Waals surface area contributed by atoms with Gasteiger partial charge in [-0.1, -0.05) is 43.1 Å². The molecule has 3 atom stereocenters. The molecule has 8 heteroatoms. The first kappa shape index (κ1) is 21.6. The average molecular weight is 457 g/mol. The van der Waals surface area contributed by atoms with Crippen molar-refractivity contribution in [2.24, 2.45) is 10.4 Å². The first-order chi connectivity index (χ1) is 14.7. The minimum Gasteiger partial charge on any atom is -0.378 e. The monoisotopic (exact) mass is 456 g/mol. The highest BCUT2D eigenvalue weighted by Crippen LogP contribution is 2.46. The average Bonchev–Trinajstić information content (AvgIpc) is 2.81. The number of ketones is 1. The lowest BCUT2D eigenvalue weighted by Crippen LogP contribution is -2.52. The highest BCUT2D eigenvalue weighted by molar-refractivity contribution is 6.35. The summed E-state index contributed by atoms with van der Waals surface area (Å²) in [5.41, 5.74) is 1.70. The van der Waals surface area contributed by atoms with Crippen molar-refractivity contribution in [3.63, 3.8) is 0 Å². The summed E-state index contributed by atoms with van der Waals surface area (Å²) in [4.78, 5) is 32.6. The van der Waals surface area contributed by atoms with Gasteiger partial charge >= 0.3 is 0 Å². The maximum atomic E-state index is 13.5. The third-order valence-corrected chi connectivity index (χ3v) is 6.46. The largest absolute Gasteiger partial charge is 0.378 e. The van der Waals surface area contributed by atoms with Crippen LogP contribution in [0.3, 0.4) is 0 Å². The molecule has 3 aliphatic rings. The number of halogens is 2. The van der Waals surface area contributed by atoms with Crippen molar-refractivity contribution in [3.05, 3.63) is 57.4 Å². The van der Waals surface area contributed by atoms with Gasteiger partial charge in [-0.3, -0.25) is 14.6 Å². The van der Waals surface area contributed by atoms with E-state index in [1.54, 1.807) is 35.5 Å². The van der Waals surface area contributed by atoms with Crippen LogP contribution in [0.4, 0.5) is 0 Å². The van der Waals surface area contributed by atoms with Gasteiger partial charge in [0.2, 0.25) is 5.91 Å². The maximum Gasteiger partial charge on any atom is 0.238 e. The number of carbonyl (C=O) groups is 2. The molecule has 0 saturated heterocycles. The standard InChI is InChI=1S/C23H22Cl2N4O2/c1-23(2)10-16-21(19(30)11-23)22(14-4-3-13(24)9-15(14)25)29(20(31)5-7-26)18-6-8-27-12-17(18)28-16/h3-4,6,8-9,12,17-18,22,28H,5,10-11H2,1-2H3. The summed E-state index contributed by atoms with van der Waals surface area (Å²) in [7, 11) is 0. The molecule has 2 heterocycles. The minimum atomic E-state index is -0.733. The quantitative estimate of drug-likeness (QED) is 0.715. The van der Waals surface area contributed by atoms with E-state index in [0.717, 1.165) is 5.70 Å². The summed E-state index contributed by atoms with van der Waals surface area (Å²) >= 11 is 12.7. The number of hydrogen-bond acceptors (Lipinski definition) is 5. The number of amides is 1. The number of fused-ring (bicyclic) bond motifs is 1. The van der Waals surface area contributed by atoms with Crippen molar-refractivity contribution in [2.45, 2.75) is 51.2 Å². The van der Waals surface area contributed by atoms with Crippen molar-refractivity contribution >= 4 is 41.1 Å². The Morgan fingerprint density at radius 2 is 2.13 bits per heavy atom. The van der Waals surface area contributed by atoms with E-state index in [0.29, 0.717) is 34.0 Å². The lowest BCUT2D eigenvalue weighted by molar-refractivity contribution is -0.134. The SMILES string of the molecule is CC1(C)CC(=O)C2=C(C1)NC1C=NC=CC1N(C(=O)CC#N)C2c1ccc(Cl)cc1Cl. The molecule has 0 saturated carbocycles. The zero-order chi connectivity index (χ0) is 22.3. The number of Topliss-reactive ketones (excluding diaryl/α,β-unsaturated/α-hetero) is 1. The summed E-state index contributed by atoms with van der Waals surface area (Å²) in [5.74, 6) is -0.411. The van der Waals surface area contributed by atoms with Crippen LogP contribution >= 0.6 is 23.2 Å². The van der Waals surface area contributed by atoms with Crippen LogP contribution in [0.25, 0.3) is 0 Å². The van der Waals surface area contributed by atoms with E-state index in [9.17, 15) is 14.9 Å². The van der Waals surface area contributed by atoms with Crippen molar-refractivity contribution in [1.82, 2.24) is 10.2 Å². The van der Waals surface area contributed by atoms with Crippen molar-refractivity contribution in [2.75, 3.05) is 0 Å². The number of rotatable bonds is 2. The molecule has 0 radical (unpaired) electrons. The van der Waals surface area contributed by atoms with E-state index < -0.39 is 12.1 Å². The number of nitrogens with zero attached hydrogens (tertiary/aromatic N) is 3. The third-order valence-electron chi connectivity index (χ3n) is 5.89. The van der Waals surface area contributed by atoms with Gasteiger partial charge in [0.1, 0.15) is 6.42 Å². The predicted octanol–water partition coefficient (Wildman–Crippen LogP) is 4.36. The van der Waals surface area contributed by atoms with Crippen LogP contribution in [0.2, 0.25) is 10.0 Å². The summed E-state index contributed by atoms with van der Waals surface area (Å²) < 4.78 is 0. The number of nitriles is 1. The number of allylic oxidation sites excluding steroid dienone is 1. The molecule has 0 bridgehead atoms. The number of carbonyl (C=O) groups excluding carboxylic acids is 2. The maximum absolute atomic E-state index is 13.5. The molecule has 1 amide bonds. The Labute approximate surface area is 191 Å². The molecule has 0 aromatic heterocycles.